The second kappa shape index (κ2) is 10.7. The minimum atomic E-state index is 0.708. The van der Waals surface area contributed by atoms with Crippen LogP contribution in [0.3, 0.4) is 0 Å². The monoisotopic (exact) mass is 246 g/mol. The summed E-state index contributed by atoms with van der Waals surface area (Å²) in [6.45, 7) is 4.00. The van der Waals surface area contributed by atoms with Crippen molar-refractivity contribution in [2.24, 2.45) is 0 Å². The van der Waals surface area contributed by atoms with E-state index in [1.54, 1.807) is 11.3 Å². The van der Waals surface area contributed by atoms with Crippen molar-refractivity contribution in [3.8, 4) is 0 Å². The van der Waals surface area contributed by atoms with Gasteiger partial charge in [0.15, 0.2) is 0 Å². The van der Waals surface area contributed by atoms with Gasteiger partial charge >= 0.3 is 36.5 Å². The third kappa shape index (κ3) is 7.80. The Labute approximate surface area is 84.6 Å². The van der Waals surface area contributed by atoms with E-state index < -0.39 is 0 Å². The van der Waals surface area contributed by atoms with Crippen LogP contribution in [-0.4, -0.2) is 14.5 Å². The standard InChI is InChI=1S/C4H4S.C4H4Se.C2H6/c2*1-2-4-5-3-1;1-2/h2*1-4H;1-2H3. The average molecular weight is 245 g/mol. The largest absolute Gasteiger partial charge is 0.152 e. The van der Waals surface area contributed by atoms with E-state index in [1.165, 1.54) is 0 Å². The molecule has 0 N–H and O–H groups in total. The maximum Gasteiger partial charge on any atom is -0.00934 e. The van der Waals surface area contributed by atoms with Gasteiger partial charge in [0.25, 0.3) is 0 Å². The third-order valence-corrected chi connectivity index (χ3v) is 2.80. The van der Waals surface area contributed by atoms with Crippen LogP contribution >= 0.6 is 11.3 Å². The first kappa shape index (κ1) is 11.7. The van der Waals surface area contributed by atoms with Gasteiger partial charge in [0.2, 0.25) is 0 Å². The summed E-state index contributed by atoms with van der Waals surface area (Å²) >= 11 is 2.42. The summed E-state index contributed by atoms with van der Waals surface area (Å²) < 4.78 is 0. The van der Waals surface area contributed by atoms with Crippen molar-refractivity contribution in [3.63, 3.8) is 0 Å². The molecule has 66 valence electrons. The Balaban J connectivity index is 0.000000168. The molecular weight excluding hydrogens is 231 g/mol. The van der Waals surface area contributed by atoms with Gasteiger partial charge in [-0.1, -0.05) is 26.0 Å². The van der Waals surface area contributed by atoms with Gasteiger partial charge in [-0.05, 0) is 10.8 Å². The Morgan fingerprint density at radius 3 is 1.50 bits per heavy atom. The maximum atomic E-state index is 2.19. The number of hydrogen-bond acceptors (Lipinski definition) is 1. The SMILES string of the molecule is CC.c1cc[se]c1.c1ccsc1. The van der Waals surface area contributed by atoms with Crippen LogP contribution in [0.2, 0.25) is 0 Å². The molecule has 0 spiro atoms. The van der Waals surface area contributed by atoms with Gasteiger partial charge in [0, 0.05) is 0 Å². The van der Waals surface area contributed by atoms with Crippen molar-refractivity contribution in [3.05, 3.63) is 44.9 Å². The average Bonchev–Trinajstić information content (AvgIpc) is 2.87. The Morgan fingerprint density at radius 1 is 0.833 bits per heavy atom. The molecule has 2 heterocycles. The number of hydrogen-bond donors (Lipinski definition) is 0. The molecular formula is C10H14SSe. The zero-order chi connectivity index (χ0) is 9.07. The van der Waals surface area contributed by atoms with Crippen molar-refractivity contribution in [2.45, 2.75) is 13.8 Å². The van der Waals surface area contributed by atoms with E-state index in [4.69, 9.17) is 0 Å². The summed E-state index contributed by atoms with van der Waals surface area (Å²) in [5.74, 6) is 0. The van der Waals surface area contributed by atoms with Gasteiger partial charge in [-0.2, -0.15) is 11.3 Å². The van der Waals surface area contributed by atoms with Crippen LogP contribution in [0.25, 0.3) is 0 Å². The molecule has 0 atom stereocenters. The van der Waals surface area contributed by atoms with Crippen LogP contribution in [0.5, 0.6) is 0 Å². The van der Waals surface area contributed by atoms with Gasteiger partial charge in [0.05, 0.1) is 0 Å². The Hall–Kier alpha value is -0.301. The third-order valence-electron chi connectivity index (χ3n) is 0.851. The van der Waals surface area contributed by atoms with E-state index in [9.17, 15) is 0 Å². The van der Waals surface area contributed by atoms with E-state index in [0.717, 1.165) is 0 Å². The van der Waals surface area contributed by atoms with Crippen LogP contribution in [0, 0.1) is 0 Å². The van der Waals surface area contributed by atoms with Crippen molar-refractivity contribution in [1.82, 2.24) is 0 Å². The first-order valence-corrected chi connectivity index (χ1v) is 6.86. The van der Waals surface area contributed by atoms with Gasteiger partial charge < -0.3 is 0 Å². The van der Waals surface area contributed by atoms with E-state index in [1.807, 2.05) is 36.7 Å². The molecule has 0 aliphatic heterocycles. The normalized spacial score (nSPS) is 7.17. The second-order valence-electron chi connectivity index (χ2n) is 1.59. The Kier molecular flexibility index (Phi) is 10.4. The van der Waals surface area contributed by atoms with Gasteiger partial charge in [-0.25, -0.2) is 0 Å². The molecule has 0 fully saturated rings. The molecule has 0 saturated carbocycles. The molecule has 0 aliphatic carbocycles. The minimum Gasteiger partial charge on any atom is -0.152 e. The molecule has 0 aromatic carbocycles. The molecule has 0 radical (unpaired) electrons. The predicted octanol–water partition coefficient (Wildman–Crippen LogP) is 3.52. The van der Waals surface area contributed by atoms with Crippen LogP contribution in [0.15, 0.2) is 44.9 Å². The summed E-state index contributed by atoms with van der Waals surface area (Å²) in [5.41, 5.74) is 0. The van der Waals surface area contributed by atoms with Crippen molar-refractivity contribution >= 4 is 25.8 Å². The summed E-state index contributed by atoms with van der Waals surface area (Å²) in [7, 11) is 0. The predicted molar refractivity (Wildman–Crippen MR) is 59.0 cm³/mol. The van der Waals surface area contributed by atoms with E-state index >= 15 is 0 Å². The van der Waals surface area contributed by atoms with Crippen molar-refractivity contribution in [1.29, 1.82) is 0 Å². The van der Waals surface area contributed by atoms with Gasteiger partial charge in [-0.15, -0.1) is 0 Å². The fourth-order valence-corrected chi connectivity index (χ4v) is 1.86. The minimum absolute atomic E-state index is 0.708. The fraction of sp³-hybridized carbons (Fsp3) is 0.200. The smallest absolute Gasteiger partial charge is 0.00934 e. The Bertz CT molecular complexity index is 149. The summed E-state index contributed by atoms with van der Waals surface area (Å²) in [4.78, 5) is 4.38. The summed E-state index contributed by atoms with van der Waals surface area (Å²) in [5, 5.41) is 4.08. The van der Waals surface area contributed by atoms with Crippen molar-refractivity contribution < 1.29 is 0 Å². The topological polar surface area (TPSA) is 0 Å². The first-order valence-electron chi connectivity index (χ1n) is 3.94. The maximum absolute atomic E-state index is 2.19. The van der Waals surface area contributed by atoms with Crippen LogP contribution in [-0.2, 0) is 0 Å². The first-order chi connectivity index (χ1) is 6.00. The second-order valence-corrected chi connectivity index (χ2v) is 4.12. The Morgan fingerprint density at radius 2 is 1.33 bits per heavy atom. The van der Waals surface area contributed by atoms with Crippen LogP contribution < -0.4 is 0 Å². The fourth-order valence-electron chi connectivity index (χ4n) is 0.454. The van der Waals surface area contributed by atoms with E-state index in [-0.39, 0.29) is 0 Å². The number of thiophene rings is 1. The number of rotatable bonds is 0. The zero-order valence-corrected chi connectivity index (χ0v) is 9.96. The molecule has 0 saturated heterocycles. The molecule has 2 rings (SSSR count). The van der Waals surface area contributed by atoms with Crippen LogP contribution in [0.4, 0.5) is 0 Å². The molecule has 0 nitrogen and oxygen atoms in total. The summed E-state index contributed by atoms with van der Waals surface area (Å²) in [6.07, 6.45) is 0. The molecule has 0 aliphatic rings. The molecule has 2 aromatic rings. The van der Waals surface area contributed by atoms with Gasteiger partial charge in [-0.3, -0.25) is 0 Å². The van der Waals surface area contributed by atoms with E-state index in [0.29, 0.717) is 14.5 Å². The quantitative estimate of drug-likeness (QED) is 0.623. The van der Waals surface area contributed by atoms with E-state index in [2.05, 4.69) is 22.0 Å². The van der Waals surface area contributed by atoms with Crippen LogP contribution in [0.1, 0.15) is 13.8 Å². The zero-order valence-electron chi connectivity index (χ0n) is 7.44. The molecule has 2 heteroatoms. The van der Waals surface area contributed by atoms with Crippen molar-refractivity contribution in [2.75, 3.05) is 0 Å². The molecule has 12 heavy (non-hydrogen) atoms. The van der Waals surface area contributed by atoms with Gasteiger partial charge in [0.1, 0.15) is 0 Å². The molecule has 2 aromatic heterocycles. The summed E-state index contributed by atoms with van der Waals surface area (Å²) in [6, 6.07) is 8.20. The molecule has 0 amide bonds. The molecule has 0 unspecified atom stereocenters. The molecule has 0 bridgehead atoms.